The first-order valence-corrected chi connectivity index (χ1v) is 8.48. The molecular weight excluding hydrogens is 278 g/mol. The molecule has 1 fully saturated rings. The van der Waals surface area contributed by atoms with Crippen LogP contribution in [0.3, 0.4) is 0 Å². The van der Waals surface area contributed by atoms with Crippen LogP contribution in [0.4, 0.5) is 0 Å². The van der Waals surface area contributed by atoms with E-state index in [1.54, 1.807) is 24.3 Å². The molecule has 1 saturated heterocycles. The molecule has 0 radical (unpaired) electrons. The van der Waals surface area contributed by atoms with Crippen molar-refractivity contribution in [2.45, 2.75) is 25.2 Å². The number of aliphatic hydroxyl groups excluding tert-OH is 1. The minimum atomic E-state index is -3.35. The largest absolute Gasteiger partial charge is 0.392 e. The summed E-state index contributed by atoms with van der Waals surface area (Å²) in [5.41, 5.74) is 1.40. The predicted molar refractivity (Wildman–Crippen MR) is 76.5 cm³/mol. The summed E-state index contributed by atoms with van der Waals surface area (Å²) in [6.45, 7) is 1.75. The van der Waals surface area contributed by atoms with Gasteiger partial charge in [0.25, 0.3) is 0 Å². The molecule has 1 aliphatic heterocycles. The van der Waals surface area contributed by atoms with Gasteiger partial charge in [-0.1, -0.05) is 24.3 Å². The molecule has 2 rings (SSSR count). The van der Waals surface area contributed by atoms with Crippen LogP contribution in [0.2, 0.25) is 0 Å². The van der Waals surface area contributed by atoms with Crippen LogP contribution in [-0.4, -0.2) is 33.3 Å². The van der Waals surface area contributed by atoms with Crippen molar-refractivity contribution < 1.29 is 18.3 Å². The van der Waals surface area contributed by atoms with Gasteiger partial charge in [-0.2, -0.15) is 0 Å². The van der Waals surface area contributed by atoms with Gasteiger partial charge in [-0.05, 0) is 29.9 Å². The first-order chi connectivity index (χ1) is 9.59. The molecule has 0 amide bonds. The van der Waals surface area contributed by atoms with E-state index >= 15 is 0 Å². The standard InChI is InChI=1S/C14H21NO4S/c16-9-12-3-1-4-13(7-12)11-20(17,18)15-8-14-5-2-6-19-10-14/h1,3-4,7,14-16H,2,5-6,8-11H2. The Morgan fingerprint density at radius 3 is 2.85 bits per heavy atom. The fourth-order valence-electron chi connectivity index (χ4n) is 2.30. The number of nitrogens with one attached hydrogen (secondary N) is 1. The molecule has 5 nitrogen and oxygen atoms in total. The van der Waals surface area contributed by atoms with Crippen molar-refractivity contribution in [2.75, 3.05) is 19.8 Å². The maximum atomic E-state index is 12.0. The van der Waals surface area contributed by atoms with Crippen molar-refractivity contribution in [3.63, 3.8) is 0 Å². The lowest BCUT2D eigenvalue weighted by atomic mass is 10.0. The summed E-state index contributed by atoms with van der Waals surface area (Å²) in [5, 5.41) is 9.05. The van der Waals surface area contributed by atoms with E-state index in [1.807, 2.05) is 0 Å². The first-order valence-electron chi connectivity index (χ1n) is 6.83. The Morgan fingerprint density at radius 1 is 1.35 bits per heavy atom. The molecule has 1 aliphatic rings. The Balaban J connectivity index is 1.89. The number of benzene rings is 1. The molecule has 0 saturated carbocycles. The van der Waals surface area contributed by atoms with Gasteiger partial charge in [0.15, 0.2) is 0 Å². The minimum absolute atomic E-state index is 0.0611. The van der Waals surface area contributed by atoms with Crippen LogP contribution < -0.4 is 4.72 Å². The van der Waals surface area contributed by atoms with Crippen LogP contribution in [0.15, 0.2) is 24.3 Å². The van der Waals surface area contributed by atoms with Crippen LogP contribution in [0.1, 0.15) is 24.0 Å². The molecule has 112 valence electrons. The number of ether oxygens (including phenoxy) is 1. The second-order valence-electron chi connectivity index (χ2n) is 5.17. The van der Waals surface area contributed by atoms with Crippen LogP contribution in [0.25, 0.3) is 0 Å². The lowest BCUT2D eigenvalue weighted by molar-refractivity contribution is 0.0568. The molecule has 0 aliphatic carbocycles. The van der Waals surface area contributed by atoms with Gasteiger partial charge in [-0.15, -0.1) is 0 Å². The zero-order chi connectivity index (χ0) is 14.4. The highest BCUT2D eigenvalue weighted by Crippen LogP contribution is 2.13. The second kappa shape index (κ2) is 7.17. The van der Waals surface area contributed by atoms with Gasteiger partial charge in [0.2, 0.25) is 10.0 Å². The first kappa shape index (κ1) is 15.4. The molecule has 1 unspecified atom stereocenters. The summed E-state index contributed by atoms with van der Waals surface area (Å²) in [7, 11) is -3.35. The third kappa shape index (κ3) is 4.86. The zero-order valence-electron chi connectivity index (χ0n) is 11.4. The number of rotatable bonds is 6. The van der Waals surface area contributed by atoms with E-state index in [4.69, 9.17) is 9.84 Å². The number of hydrogen-bond donors (Lipinski definition) is 2. The van der Waals surface area contributed by atoms with Gasteiger partial charge in [0.1, 0.15) is 0 Å². The highest BCUT2D eigenvalue weighted by molar-refractivity contribution is 7.88. The summed E-state index contributed by atoms with van der Waals surface area (Å²) < 4.78 is 32.0. The minimum Gasteiger partial charge on any atom is -0.392 e. The van der Waals surface area contributed by atoms with Crippen LogP contribution in [-0.2, 0) is 27.1 Å². The summed E-state index contributed by atoms with van der Waals surface area (Å²) >= 11 is 0. The van der Waals surface area contributed by atoms with Crippen LogP contribution >= 0.6 is 0 Å². The van der Waals surface area contributed by atoms with E-state index < -0.39 is 10.0 Å². The Kier molecular flexibility index (Phi) is 5.54. The van der Waals surface area contributed by atoms with E-state index in [0.29, 0.717) is 18.7 Å². The molecule has 1 heterocycles. The van der Waals surface area contributed by atoms with Gasteiger partial charge >= 0.3 is 0 Å². The fraction of sp³-hybridized carbons (Fsp3) is 0.571. The molecule has 1 atom stereocenters. The molecule has 0 aromatic heterocycles. The smallest absolute Gasteiger partial charge is 0.215 e. The van der Waals surface area contributed by atoms with Crippen LogP contribution in [0.5, 0.6) is 0 Å². The summed E-state index contributed by atoms with van der Waals surface area (Å²) in [5.74, 6) is 0.205. The van der Waals surface area contributed by atoms with E-state index in [1.165, 1.54) is 0 Å². The lowest BCUT2D eigenvalue weighted by Crippen LogP contribution is -2.33. The summed E-state index contributed by atoms with van der Waals surface area (Å²) in [6.07, 6.45) is 1.99. The highest BCUT2D eigenvalue weighted by Gasteiger charge is 2.18. The fourth-order valence-corrected chi connectivity index (χ4v) is 3.51. The number of hydrogen-bond acceptors (Lipinski definition) is 4. The van der Waals surface area contributed by atoms with E-state index in [9.17, 15) is 8.42 Å². The van der Waals surface area contributed by atoms with Crippen molar-refractivity contribution in [2.24, 2.45) is 5.92 Å². The summed E-state index contributed by atoms with van der Waals surface area (Å²) in [6, 6.07) is 6.99. The molecule has 0 spiro atoms. The van der Waals surface area contributed by atoms with Crippen molar-refractivity contribution in [3.05, 3.63) is 35.4 Å². The van der Waals surface area contributed by atoms with Crippen molar-refractivity contribution in [1.29, 1.82) is 0 Å². The monoisotopic (exact) mass is 299 g/mol. The molecule has 0 bridgehead atoms. The quantitative estimate of drug-likeness (QED) is 0.822. The highest BCUT2D eigenvalue weighted by atomic mass is 32.2. The van der Waals surface area contributed by atoms with E-state index in [2.05, 4.69) is 4.72 Å². The molecule has 1 aromatic rings. The predicted octanol–water partition coefficient (Wildman–Crippen LogP) is 1.02. The zero-order valence-corrected chi connectivity index (χ0v) is 12.2. The second-order valence-corrected chi connectivity index (χ2v) is 6.98. The van der Waals surface area contributed by atoms with Crippen molar-refractivity contribution in [3.8, 4) is 0 Å². The SMILES string of the molecule is O=S(=O)(Cc1cccc(CO)c1)NCC1CCCOC1. The number of sulfonamides is 1. The average molecular weight is 299 g/mol. The molecule has 1 aromatic carbocycles. The van der Waals surface area contributed by atoms with E-state index in [0.717, 1.165) is 25.0 Å². The Morgan fingerprint density at radius 2 is 2.15 bits per heavy atom. The van der Waals surface area contributed by atoms with Gasteiger partial charge in [-0.25, -0.2) is 13.1 Å². The third-order valence-electron chi connectivity index (χ3n) is 3.38. The third-order valence-corrected chi connectivity index (χ3v) is 4.70. The Hall–Kier alpha value is -0.950. The summed E-state index contributed by atoms with van der Waals surface area (Å²) in [4.78, 5) is 0. The molecular formula is C14H21NO4S. The molecule has 2 N–H and O–H groups in total. The van der Waals surface area contributed by atoms with Crippen molar-refractivity contribution in [1.82, 2.24) is 4.72 Å². The maximum Gasteiger partial charge on any atom is 0.215 e. The normalized spacial score (nSPS) is 19.9. The van der Waals surface area contributed by atoms with Crippen molar-refractivity contribution >= 4 is 10.0 Å². The van der Waals surface area contributed by atoms with Gasteiger partial charge < -0.3 is 9.84 Å². The topological polar surface area (TPSA) is 75.6 Å². The maximum absolute atomic E-state index is 12.0. The Labute approximate surface area is 120 Å². The number of aliphatic hydroxyl groups is 1. The Bertz CT molecular complexity index is 524. The van der Waals surface area contributed by atoms with Gasteiger partial charge in [-0.3, -0.25) is 0 Å². The van der Waals surface area contributed by atoms with Gasteiger partial charge in [0.05, 0.1) is 19.0 Å². The van der Waals surface area contributed by atoms with Crippen LogP contribution in [0, 0.1) is 5.92 Å². The average Bonchev–Trinajstić information content (AvgIpc) is 2.46. The lowest BCUT2D eigenvalue weighted by Gasteiger charge is -2.22. The van der Waals surface area contributed by atoms with Gasteiger partial charge in [0, 0.05) is 13.2 Å². The molecule has 6 heteroatoms. The molecule has 20 heavy (non-hydrogen) atoms. The van der Waals surface area contributed by atoms with E-state index in [-0.39, 0.29) is 18.3 Å².